The molecule has 0 bridgehead atoms. The third kappa shape index (κ3) is 2.99. The van der Waals surface area contributed by atoms with Gasteiger partial charge in [0.2, 0.25) is 0 Å². The van der Waals surface area contributed by atoms with Gasteiger partial charge in [-0.15, -0.1) is 0 Å². The van der Waals surface area contributed by atoms with Gasteiger partial charge in [-0.25, -0.2) is 4.98 Å². The predicted octanol–water partition coefficient (Wildman–Crippen LogP) is 3.74. The van der Waals surface area contributed by atoms with Gasteiger partial charge in [0.25, 0.3) is 0 Å². The molecule has 5 heteroatoms. The molecular weight excluding hydrogens is 300 g/mol. The molecule has 0 saturated heterocycles. The summed E-state index contributed by atoms with van der Waals surface area (Å²) in [6, 6.07) is 14.6. The maximum atomic E-state index is 6.06. The van der Waals surface area contributed by atoms with Crippen molar-refractivity contribution in [1.29, 1.82) is 0 Å². The highest BCUT2D eigenvalue weighted by molar-refractivity contribution is 5.25. The smallest absolute Gasteiger partial charge is 0.146 e. The number of furan rings is 1. The SMILES string of the molecule is CC1CC1c1ccc(CN(C)C(c2ccccc2)c2ncn[nH]2)o1. The van der Waals surface area contributed by atoms with Crippen molar-refractivity contribution < 1.29 is 4.42 Å². The van der Waals surface area contributed by atoms with Crippen LogP contribution in [0.3, 0.4) is 0 Å². The molecule has 2 aromatic heterocycles. The second kappa shape index (κ2) is 6.24. The van der Waals surface area contributed by atoms with E-state index in [-0.39, 0.29) is 6.04 Å². The summed E-state index contributed by atoms with van der Waals surface area (Å²) in [5, 5.41) is 7.02. The van der Waals surface area contributed by atoms with Crippen LogP contribution in [0, 0.1) is 5.92 Å². The van der Waals surface area contributed by atoms with Crippen molar-refractivity contribution in [2.24, 2.45) is 5.92 Å². The second-order valence-electron chi connectivity index (χ2n) is 6.72. The van der Waals surface area contributed by atoms with E-state index in [0.717, 1.165) is 29.8 Å². The monoisotopic (exact) mass is 322 g/mol. The number of hydrogen-bond acceptors (Lipinski definition) is 4. The van der Waals surface area contributed by atoms with E-state index in [9.17, 15) is 0 Å². The van der Waals surface area contributed by atoms with E-state index in [1.54, 1.807) is 6.33 Å². The number of nitrogens with one attached hydrogen (secondary N) is 1. The van der Waals surface area contributed by atoms with Gasteiger partial charge < -0.3 is 4.42 Å². The van der Waals surface area contributed by atoms with E-state index in [1.807, 2.05) is 18.2 Å². The number of benzene rings is 1. The number of nitrogens with zero attached hydrogens (tertiary/aromatic N) is 3. The third-order valence-corrected chi connectivity index (χ3v) is 4.81. The van der Waals surface area contributed by atoms with E-state index in [1.165, 1.54) is 12.0 Å². The summed E-state index contributed by atoms with van der Waals surface area (Å²) in [7, 11) is 2.09. The summed E-state index contributed by atoms with van der Waals surface area (Å²) in [6.45, 7) is 3.00. The summed E-state index contributed by atoms with van der Waals surface area (Å²) in [6.07, 6.45) is 2.80. The van der Waals surface area contributed by atoms with Crippen molar-refractivity contribution in [3.8, 4) is 0 Å². The summed E-state index contributed by atoms with van der Waals surface area (Å²) < 4.78 is 6.06. The van der Waals surface area contributed by atoms with E-state index in [2.05, 4.69) is 58.3 Å². The Hall–Kier alpha value is -2.40. The molecule has 1 aliphatic rings. The first-order chi connectivity index (χ1) is 11.7. The maximum Gasteiger partial charge on any atom is 0.146 e. The highest BCUT2D eigenvalue weighted by atomic mass is 16.3. The Bertz CT molecular complexity index is 781. The normalized spacial score (nSPS) is 21.1. The van der Waals surface area contributed by atoms with Crippen LogP contribution in [0.15, 0.2) is 53.2 Å². The molecule has 1 N–H and O–H groups in total. The molecule has 2 heterocycles. The van der Waals surface area contributed by atoms with E-state index in [0.29, 0.717) is 5.92 Å². The maximum absolute atomic E-state index is 6.06. The van der Waals surface area contributed by atoms with Gasteiger partial charge in [0.1, 0.15) is 23.7 Å². The first kappa shape index (κ1) is 15.1. The zero-order valence-corrected chi connectivity index (χ0v) is 14.0. The molecule has 3 atom stereocenters. The van der Waals surface area contributed by atoms with Gasteiger partial charge >= 0.3 is 0 Å². The van der Waals surface area contributed by atoms with Crippen LogP contribution in [0.5, 0.6) is 0 Å². The van der Waals surface area contributed by atoms with Gasteiger partial charge in [0.15, 0.2) is 0 Å². The largest absolute Gasteiger partial charge is 0.464 e. The molecule has 4 rings (SSSR count). The first-order valence-electron chi connectivity index (χ1n) is 8.41. The molecule has 3 unspecified atom stereocenters. The lowest BCUT2D eigenvalue weighted by atomic mass is 10.1. The van der Waals surface area contributed by atoms with Crippen LogP contribution < -0.4 is 0 Å². The van der Waals surface area contributed by atoms with Gasteiger partial charge in [-0.05, 0) is 37.1 Å². The van der Waals surface area contributed by atoms with Crippen molar-refractivity contribution in [2.75, 3.05) is 7.05 Å². The molecule has 124 valence electrons. The Morgan fingerprint density at radius 1 is 1.25 bits per heavy atom. The fourth-order valence-electron chi connectivity index (χ4n) is 3.34. The molecule has 3 aromatic rings. The minimum absolute atomic E-state index is 0.0158. The molecule has 1 fully saturated rings. The van der Waals surface area contributed by atoms with E-state index >= 15 is 0 Å². The van der Waals surface area contributed by atoms with Gasteiger partial charge in [-0.3, -0.25) is 10.00 Å². The minimum Gasteiger partial charge on any atom is -0.464 e. The third-order valence-electron chi connectivity index (χ3n) is 4.81. The molecule has 0 spiro atoms. The average Bonchev–Trinajstić information content (AvgIpc) is 2.98. The number of H-pyrrole nitrogens is 1. The fraction of sp³-hybridized carbons (Fsp3) is 0.368. The molecular formula is C19H22N4O. The minimum atomic E-state index is 0.0158. The Kier molecular flexibility index (Phi) is 3.94. The van der Waals surface area contributed by atoms with Crippen LogP contribution in [0.1, 0.15) is 48.2 Å². The van der Waals surface area contributed by atoms with Crippen LogP contribution in [-0.4, -0.2) is 27.1 Å². The van der Waals surface area contributed by atoms with Gasteiger partial charge in [-0.1, -0.05) is 37.3 Å². The highest BCUT2D eigenvalue weighted by Crippen LogP contribution is 2.47. The average molecular weight is 322 g/mol. The zero-order chi connectivity index (χ0) is 16.5. The van der Waals surface area contributed by atoms with Gasteiger partial charge in [0.05, 0.1) is 12.6 Å². The molecule has 0 amide bonds. The summed E-state index contributed by atoms with van der Waals surface area (Å²) in [5.41, 5.74) is 1.18. The number of aromatic nitrogens is 3. The van der Waals surface area contributed by atoms with Crippen molar-refractivity contribution in [3.63, 3.8) is 0 Å². The van der Waals surface area contributed by atoms with Crippen molar-refractivity contribution >= 4 is 0 Å². The summed E-state index contributed by atoms with van der Waals surface area (Å²) >= 11 is 0. The molecule has 1 saturated carbocycles. The van der Waals surface area contributed by atoms with Crippen LogP contribution >= 0.6 is 0 Å². The lowest BCUT2D eigenvalue weighted by Gasteiger charge is -2.25. The molecule has 24 heavy (non-hydrogen) atoms. The standard InChI is InChI=1S/C19H22N4O/c1-13-10-16(13)17-9-8-15(24-17)11-23(2)18(19-20-12-21-22-19)14-6-4-3-5-7-14/h3-9,12-13,16,18H,10-11H2,1-2H3,(H,20,21,22). The van der Waals surface area contributed by atoms with Crippen LogP contribution in [0.25, 0.3) is 0 Å². The lowest BCUT2D eigenvalue weighted by molar-refractivity contribution is 0.238. The van der Waals surface area contributed by atoms with Crippen molar-refractivity contribution in [2.45, 2.75) is 31.8 Å². The molecule has 0 aliphatic heterocycles. The Morgan fingerprint density at radius 2 is 2.04 bits per heavy atom. The fourth-order valence-corrected chi connectivity index (χ4v) is 3.34. The highest BCUT2D eigenvalue weighted by Gasteiger charge is 2.36. The van der Waals surface area contributed by atoms with Crippen LogP contribution in [-0.2, 0) is 6.54 Å². The number of rotatable bonds is 6. The first-order valence-corrected chi connectivity index (χ1v) is 8.41. The van der Waals surface area contributed by atoms with Crippen LogP contribution in [0.2, 0.25) is 0 Å². The van der Waals surface area contributed by atoms with E-state index < -0.39 is 0 Å². The molecule has 1 aromatic carbocycles. The predicted molar refractivity (Wildman–Crippen MR) is 91.4 cm³/mol. The lowest BCUT2D eigenvalue weighted by Crippen LogP contribution is -2.26. The second-order valence-corrected chi connectivity index (χ2v) is 6.72. The van der Waals surface area contributed by atoms with Crippen molar-refractivity contribution in [3.05, 3.63) is 71.7 Å². The molecule has 5 nitrogen and oxygen atoms in total. The van der Waals surface area contributed by atoms with Gasteiger partial charge in [0, 0.05) is 5.92 Å². The van der Waals surface area contributed by atoms with Gasteiger partial charge in [-0.2, -0.15) is 5.10 Å². The number of aromatic amines is 1. The topological polar surface area (TPSA) is 58.0 Å². The quantitative estimate of drug-likeness (QED) is 0.751. The van der Waals surface area contributed by atoms with Crippen molar-refractivity contribution in [1.82, 2.24) is 20.1 Å². The van der Waals surface area contributed by atoms with E-state index in [4.69, 9.17) is 4.42 Å². The molecule has 1 aliphatic carbocycles. The Labute approximate surface area is 141 Å². The number of hydrogen-bond donors (Lipinski definition) is 1. The zero-order valence-electron chi connectivity index (χ0n) is 14.0. The van der Waals surface area contributed by atoms with Crippen LogP contribution in [0.4, 0.5) is 0 Å². The molecule has 0 radical (unpaired) electrons. The Balaban J connectivity index is 1.55. The Morgan fingerprint density at radius 3 is 2.71 bits per heavy atom. The summed E-state index contributed by atoms with van der Waals surface area (Å²) in [4.78, 5) is 6.60. The summed E-state index contributed by atoms with van der Waals surface area (Å²) in [5.74, 6) is 4.33.